The zero-order valence-corrected chi connectivity index (χ0v) is 14.0. The zero-order chi connectivity index (χ0) is 15.9. The highest BCUT2D eigenvalue weighted by Gasteiger charge is 2.86. The molecule has 0 aromatic rings. The Morgan fingerprint density at radius 3 is 1.57 bits per heavy atom. The summed E-state index contributed by atoms with van der Waals surface area (Å²) < 4.78 is 10.8. The Bertz CT molecular complexity index is 509. The first-order valence-electron chi connectivity index (χ1n) is 7.76. The van der Waals surface area contributed by atoms with E-state index in [9.17, 15) is 9.59 Å². The van der Waals surface area contributed by atoms with Crippen molar-refractivity contribution in [3.8, 4) is 0 Å². The van der Waals surface area contributed by atoms with E-state index in [4.69, 9.17) is 9.47 Å². The van der Waals surface area contributed by atoms with Crippen LogP contribution >= 0.6 is 0 Å². The quantitative estimate of drug-likeness (QED) is 0.734. The fraction of sp³-hybridized carbons (Fsp3) is 0.882. The van der Waals surface area contributed by atoms with Crippen LogP contribution in [0.2, 0.25) is 0 Å². The number of hydrogen-bond donors (Lipinski definition) is 0. The third kappa shape index (κ3) is 1.51. The van der Waals surface area contributed by atoms with Crippen molar-refractivity contribution < 1.29 is 19.1 Å². The van der Waals surface area contributed by atoms with Crippen LogP contribution in [-0.2, 0) is 19.1 Å². The van der Waals surface area contributed by atoms with Crippen molar-refractivity contribution in [2.45, 2.75) is 65.9 Å². The Labute approximate surface area is 126 Å². The van der Waals surface area contributed by atoms with Gasteiger partial charge >= 0.3 is 11.9 Å². The average Bonchev–Trinajstić information content (AvgIpc) is 2.87. The SMILES string of the molecule is COC(=O)C12CC3(C)CC1(C(=O)OC(C)(C)C)CC3(C)C2. The lowest BCUT2D eigenvalue weighted by Gasteiger charge is -2.37. The van der Waals surface area contributed by atoms with Crippen LogP contribution in [0.25, 0.3) is 0 Å². The number of ether oxygens (including phenoxy) is 2. The molecule has 4 bridgehead atoms. The molecule has 0 saturated heterocycles. The van der Waals surface area contributed by atoms with Crippen LogP contribution in [0.4, 0.5) is 0 Å². The Balaban J connectivity index is 2.06. The molecular weight excluding hydrogens is 268 g/mol. The van der Waals surface area contributed by atoms with Gasteiger partial charge in [-0.1, -0.05) is 13.8 Å². The van der Waals surface area contributed by atoms with Gasteiger partial charge in [-0.3, -0.25) is 9.59 Å². The van der Waals surface area contributed by atoms with Crippen LogP contribution in [-0.4, -0.2) is 24.6 Å². The Hall–Kier alpha value is -1.06. The third-order valence-corrected chi connectivity index (χ3v) is 6.51. The van der Waals surface area contributed by atoms with Crippen LogP contribution in [0.1, 0.15) is 60.3 Å². The van der Waals surface area contributed by atoms with Gasteiger partial charge < -0.3 is 9.47 Å². The number of carbonyl (C=O) groups is 2. The molecule has 0 aliphatic heterocycles. The summed E-state index contributed by atoms with van der Waals surface area (Å²) in [6, 6.07) is 0. The molecule has 4 heteroatoms. The maximum Gasteiger partial charge on any atom is 0.313 e. The minimum absolute atomic E-state index is 0.0398. The van der Waals surface area contributed by atoms with Crippen molar-refractivity contribution in [1.29, 1.82) is 0 Å². The maximum absolute atomic E-state index is 13.0. The van der Waals surface area contributed by atoms with Gasteiger partial charge in [-0.05, 0) is 57.3 Å². The first-order chi connectivity index (χ1) is 9.44. The van der Waals surface area contributed by atoms with Gasteiger partial charge in [-0.25, -0.2) is 0 Å². The van der Waals surface area contributed by atoms with Gasteiger partial charge in [-0.15, -0.1) is 0 Å². The molecule has 0 radical (unpaired) electrons. The normalized spacial score (nSPS) is 47.0. The Kier molecular flexibility index (Phi) is 2.57. The van der Waals surface area contributed by atoms with E-state index < -0.39 is 16.4 Å². The second-order valence-electron chi connectivity index (χ2n) is 8.99. The van der Waals surface area contributed by atoms with E-state index in [2.05, 4.69) is 13.8 Å². The standard InChI is InChI=1S/C17H26O4/c1-13(2,3)21-12(19)17-9-14(4)7-16(17,11(18)20-6)8-15(14,5)10-17/h7-10H2,1-6H3. The number of methoxy groups -OCH3 is 1. The summed E-state index contributed by atoms with van der Waals surface area (Å²) in [6.07, 6.45) is 3.01. The monoisotopic (exact) mass is 294 g/mol. The molecule has 4 rings (SSSR count). The lowest BCUT2D eigenvalue weighted by molar-refractivity contribution is -0.181. The fourth-order valence-electron chi connectivity index (χ4n) is 5.70. The molecule has 118 valence electrons. The minimum Gasteiger partial charge on any atom is -0.469 e. The second kappa shape index (κ2) is 3.64. The molecule has 2 unspecified atom stereocenters. The molecular formula is C17H26O4. The summed E-state index contributed by atoms with van der Waals surface area (Å²) in [5.41, 5.74) is -1.81. The van der Waals surface area contributed by atoms with Gasteiger partial charge in [0.1, 0.15) is 5.60 Å². The lowest BCUT2D eigenvalue weighted by atomic mass is 9.68. The highest BCUT2D eigenvalue weighted by Crippen LogP contribution is 2.86. The number of rotatable bonds is 2. The summed E-state index contributed by atoms with van der Waals surface area (Å²) in [7, 11) is 1.42. The molecule has 0 heterocycles. The maximum atomic E-state index is 13.0. The van der Waals surface area contributed by atoms with Crippen molar-refractivity contribution in [2.24, 2.45) is 21.7 Å². The molecule has 21 heavy (non-hydrogen) atoms. The molecule has 2 atom stereocenters. The number of esters is 2. The van der Waals surface area contributed by atoms with E-state index in [-0.39, 0.29) is 22.8 Å². The van der Waals surface area contributed by atoms with Crippen molar-refractivity contribution in [3.05, 3.63) is 0 Å². The fourth-order valence-corrected chi connectivity index (χ4v) is 5.70. The molecule has 0 aromatic carbocycles. The molecule has 4 aliphatic rings. The lowest BCUT2D eigenvalue weighted by Crippen LogP contribution is -2.48. The van der Waals surface area contributed by atoms with Crippen molar-refractivity contribution >= 4 is 11.9 Å². The first kappa shape index (κ1) is 14.9. The summed E-state index contributed by atoms with van der Waals surface area (Å²) >= 11 is 0. The number of carbonyl (C=O) groups excluding carboxylic acids is 2. The van der Waals surface area contributed by atoms with Crippen LogP contribution in [0.15, 0.2) is 0 Å². The van der Waals surface area contributed by atoms with Gasteiger partial charge in [0.25, 0.3) is 0 Å². The van der Waals surface area contributed by atoms with Gasteiger partial charge in [0.05, 0.1) is 17.9 Å². The average molecular weight is 294 g/mol. The van der Waals surface area contributed by atoms with E-state index >= 15 is 0 Å². The van der Waals surface area contributed by atoms with E-state index in [0.29, 0.717) is 0 Å². The summed E-state index contributed by atoms with van der Waals surface area (Å²) in [5, 5.41) is 0. The third-order valence-electron chi connectivity index (χ3n) is 6.51. The first-order valence-corrected chi connectivity index (χ1v) is 7.76. The van der Waals surface area contributed by atoms with Crippen LogP contribution in [0.3, 0.4) is 0 Å². The van der Waals surface area contributed by atoms with Gasteiger partial charge in [0.15, 0.2) is 0 Å². The molecule has 0 N–H and O–H groups in total. The van der Waals surface area contributed by atoms with Crippen LogP contribution in [0.5, 0.6) is 0 Å². The molecule has 0 amide bonds. The summed E-state index contributed by atoms with van der Waals surface area (Å²) in [4.78, 5) is 25.5. The molecule has 0 aromatic heterocycles. The largest absolute Gasteiger partial charge is 0.469 e. The highest BCUT2D eigenvalue weighted by atomic mass is 16.6. The molecule has 4 saturated carbocycles. The predicted octanol–water partition coefficient (Wildman–Crippen LogP) is 3.09. The Morgan fingerprint density at radius 2 is 1.24 bits per heavy atom. The van der Waals surface area contributed by atoms with Gasteiger partial charge in [0.2, 0.25) is 0 Å². The topological polar surface area (TPSA) is 52.6 Å². The van der Waals surface area contributed by atoms with Crippen LogP contribution in [0, 0.1) is 21.7 Å². The molecule has 4 aliphatic carbocycles. The molecule has 0 spiro atoms. The minimum atomic E-state index is -0.684. The van der Waals surface area contributed by atoms with Gasteiger partial charge in [0, 0.05) is 0 Å². The van der Waals surface area contributed by atoms with Crippen molar-refractivity contribution in [1.82, 2.24) is 0 Å². The van der Waals surface area contributed by atoms with E-state index in [1.54, 1.807) is 0 Å². The highest BCUT2D eigenvalue weighted by molar-refractivity contribution is 5.92. The molecule has 4 fully saturated rings. The van der Waals surface area contributed by atoms with E-state index in [0.717, 1.165) is 25.7 Å². The van der Waals surface area contributed by atoms with Crippen molar-refractivity contribution in [3.63, 3.8) is 0 Å². The number of hydrogen-bond acceptors (Lipinski definition) is 4. The Morgan fingerprint density at radius 1 is 0.857 bits per heavy atom. The molecule has 4 nitrogen and oxygen atoms in total. The summed E-state index contributed by atoms with van der Waals surface area (Å²) in [5.74, 6) is -0.427. The summed E-state index contributed by atoms with van der Waals surface area (Å²) in [6.45, 7) is 10.1. The smallest absolute Gasteiger partial charge is 0.313 e. The van der Waals surface area contributed by atoms with Crippen LogP contribution < -0.4 is 0 Å². The zero-order valence-electron chi connectivity index (χ0n) is 14.0. The van der Waals surface area contributed by atoms with Crippen molar-refractivity contribution in [2.75, 3.05) is 7.11 Å². The van der Waals surface area contributed by atoms with E-state index in [1.165, 1.54) is 7.11 Å². The predicted molar refractivity (Wildman–Crippen MR) is 77.4 cm³/mol. The second-order valence-corrected chi connectivity index (χ2v) is 8.99. The van der Waals surface area contributed by atoms with Gasteiger partial charge in [-0.2, -0.15) is 0 Å². The van der Waals surface area contributed by atoms with E-state index in [1.807, 2.05) is 20.8 Å².